The minimum Gasteiger partial charge on any atom is -0.450 e. The number of amides is 1. The number of nitro groups is 1. The fourth-order valence-corrected chi connectivity index (χ4v) is 1.95. The molecular weight excluding hydrogens is 308 g/mol. The first-order valence-electron chi connectivity index (χ1n) is 6.51. The fraction of sp³-hybridized carbons (Fsp3) is 0.133. The van der Waals surface area contributed by atoms with E-state index in [0.29, 0.717) is 17.9 Å². The number of ether oxygens (including phenoxy) is 1. The maximum absolute atomic E-state index is 11.6. The van der Waals surface area contributed by atoms with E-state index in [1.165, 1.54) is 18.2 Å². The van der Waals surface area contributed by atoms with Gasteiger partial charge in [-0.3, -0.25) is 14.9 Å². The van der Waals surface area contributed by atoms with Crippen molar-refractivity contribution in [3.05, 3.63) is 63.2 Å². The first-order chi connectivity index (χ1) is 10.5. The van der Waals surface area contributed by atoms with Crippen LogP contribution in [0.15, 0.2) is 42.5 Å². The summed E-state index contributed by atoms with van der Waals surface area (Å²) in [5.41, 5.74) is 0.264. The topological polar surface area (TPSA) is 81.5 Å². The number of hydrogen-bond donors (Lipinski definition) is 1. The normalized spacial score (nSPS) is 10.1. The summed E-state index contributed by atoms with van der Waals surface area (Å²) in [6.45, 7) is 2.36. The van der Waals surface area contributed by atoms with Crippen molar-refractivity contribution in [2.45, 2.75) is 6.92 Å². The molecular formula is C15H13ClN2O4. The van der Waals surface area contributed by atoms with Gasteiger partial charge in [0.25, 0.3) is 5.91 Å². The molecule has 0 saturated carbocycles. The van der Waals surface area contributed by atoms with Crippen molar-refractivity contribution in [3.63, 3.8) is 0 Å². The summed E-state index contributed by atoms with van der Waals surface area (Å²) in [5, 5.41) is 13.9. The average Bonchev–Trinajstić information content (AvgIpc) is 2.50. The summed E-state index contributed by atoms with van der Waals surface area (Å²) >= 11 is 5.74. The van der Waals surface area contributed by atoms with Crippen LogP contribution in [0.25, 0.3) is 0 Å². The number of nitrogens with zero attached hydrogens (tertiary/aromatic N) is 1. The Kier molecular flexibility index (Phi) is 4.95. The molecule has 0 aromatic heterocycles. The second kappa shape index (κ2) is 6.91. The molecule has 6 nitrogen and oxygen atoms in total. The van der Waals surface area contributed by atoms with Gasteiger partial charge in [0.05, 0.1) is 4.92 Å². The number of nitrogens with one attached hydrogen (secondary N) is 1. The molecule has 0 heterocycles. The molecule has 1 N–H and O–H groups in total. The second-order valence-corrected chi connectivity index (χ2v) is 4.79. The highest BCUT2D eigenvalue weighted by Gasteiger charge is 2.16. The zero-order valence-corrected chi connectivity index (χ0v) is 12.5. The highest BCUT2D eigenvalue weighted by atomic mass is 35.5. The molecule has 0 atom stereocenters. The van der Waals surface area contributed by atoms with Crippen LogP contribution in [0.2, 0.25) is 5.02 Å². The molecule has 0 aliphatic heterocycles. The van der Waals surface area contributed by atoms with Gasteiger partial charge in [0.15, 0.2) is 0 Å². The lowest BCUT2D eigenvalue weighted by atomic mass is 10.2. The van der Waals surface area contributed by atoms with Gasteiger partial charge in [-0.2, -0.15) is 0 Å². The van der Waals surface area contributed by atoms with E-state index in [1.54, 1.807) is 24.3 Å². The van der Waals surface area contributed by atoms with Crippen molar-refractivity contribution in [1.29, 1.82) is 0 Å². The second-order valence-electron chi connectivity index (χ2n) is 4.36. The Hall–Kier alpha value is -2.60. The quantitative estimate of drug-likeness (QED) is 0.671. The molecule has 0 saturated heterocycles. The summed E-state index contributed by atoms with van der Waals surface area (Å²) in [6.07, 6.45) is 0. The van der Waals surface area contributed by atoms with Gasteiger partial charge in [-0.1, -0.05) is 11.6 Å². The minimum absolute atomic E-state index is 0.0835. The Balaban J connectivity index is 2.21. The molecule has 0 radical (unpaired) electrons. The van der Waals surface area contributed by atoms with E-state index >= 15 is 0 Å². The third-order valence-electron chi connectivity index (χ3n) is 2.80. The largest absolute Gasteiger partial charge is 0.450 e. The summed E-state index contributed by atoms with van der Waals surface area (Å²) in [5.74, 6) is 0.283. The fourth-order valence-electron chi connectivity index (χ4n) is 1.78. The van der Waals surface area contributed by atoms with Crippen LogP contribution < -0.4 is 10.1 Å². The molecule has 0 aliphatic rings. The number of carbonyl (C=O) groups excluding carboxylic acids is 1. The van der Waals surface area contributed by atoms with Gasteiger partial charge >= 0.3 is 5.69 Å². The van der Waals surface area contributed by atoms with E-state index in [9.17, 15) is 14.9 Å². The van der Waals surface area contributed by atoms with Crippen LogP contribution in [0.1, 0.15) is 17.3 Å². The molecule has 22 heavy (non-hydrogen) atoms. The molecule has 0 bridgehead atoms. The summed E-state index contributed by atoms with van der Waals surface area (Å²) < 4.78 is 5.49. The van der Waals surface area contributed by atoms with Crippen molar-refractivity contribution in [3.8, 4) is 11.5 Å². The molecule has 2 aromatic carbocycles. The first kappa shape index (κ1) is 15.8. The van der Waals surface area contributed by atoms with Gasteiger partial charge in [0.2, 0.25) is 5.75 Å². The van der Waals surface area contributed by atoms with Crippen LogP contribution >= 0.6 is 11.6 Å². The smallest absolute Gasteiger partial charge is 0.313 e. The summed E-state index contributed by atoms with van der Waals surface area (Å²) in [4.78, 5) is 22.1. The number of nitro benzene ring substituents is 1. The number of rotatable bonds is 5. The zero-order valence-electron chi connectivity index (χ0n) is 11.7. The molecule has 0 spiro atoms. The van der Waals surface area contributed by atoms with Crippen LogP contribution in [0.4, 0.5) is 5.69 Å². The van der Waals surface area contributed by atoms with E-state index in [2.05, 4.69) is 5.32 Å². The molecule has 2 aromatic rings. The van der Waals surface area contributed by atoms with Crippen molar-refractivity contribution in [2.75, 3.05) is 6.54 Å². The predicted octanol–water partition coefficient (Wildman–Crippen LogP) is 3.79. The molecule has 0 aliphatic carbocycles. The Morgan fingerprint density at radius 1 is 1.27 bits per heavy atom. The third kappa shape index (κ3) is 3.73. The van der Waals surface area contributed by atoms with Crippen molar-refractivity contribution < 1.29 is 14.5 Å². The van der Waals surface area contributed by atoms with Crippen LogP contribution in [-0.2, 0) is 0 Å². The Morgan fingerprint density at radius 2 is 1.95 bits per heavy atom. The minimum atomic E-state index is -0.565. The standard InChI is InChI=1S/C15H13ClN2O4/c1-2-17-15(19)10-3-6-12(7-4-10)22-14-8-5-11(16)9-13(14)18(20)21/h3-9H,2H2,1H3,(H,17,19). The number of benzene rings is 2. The van der Waals surface area contributed by atoms with Gasteiger partial charge < -0.3 is 10.1 Å². The third-order valence-corrected chi connectivity index (χ3v) is 3.03. The van der Waals surface area contributed by atoms with Crippen molar-refractivity contribution in [2.24, 2.45) is 0 Å². The molecule has 0 fully saturated rings. The molecule has 1 amide bonds. The van der Waals surface area contributed by atoms with Crippen LogP contribution in [0.3, 0.4) is 0 Å². The van der Waals surface area contributed by atoms with Crippen molar-refractivity contribution >= 4 is 23.2 Å². The maximum atomic E-state index is 11.6. The lowest BCUT2D eigenvalue weighted by Crippen LogP contribution is -2.22. The molecule has 114 valence electrons. The predicted molar refractivity (Wildman–Crippen MR) is 82.6 cm³/mol. The molecule has 7 heteroatoms. The van der Waals surface area contributed by atoms with Crippen molar-refractivity contribution in [1.82, 2.24) is 5.32 Å². The van der Waals surface area contributed by atoms with Gasteiger partial charge in [0, 0.05) is 23.2 Å². The van der Waals surface area contributed by atoms with Crippen LogP contribution in [-0.4, -0.2) is 17.4 Å². The van der Waals surface area contributed by atoms with Crippen LogP contribution in [0, 0.1) is 10.1 Å². The van der Waals surface area contributed by atoms with E-state index < -0.39 is 4.92 Å². The zero-order chi connectivity index (χ0) is 16.1. The first-order valence-corrected chi connectivity index (χ1v) is 6.89. The highest BCUT2D eigenvalue weighted by molar-refractivity contribution is 6.30. The Morgan fingerprint density at radius 3 is 2.55 bits per heavy atom. The lowest BCUT2D eigenvalue weighted by molar-refractivity contribution is -0.385. The number of halogens is 1. The highest BCUT2D eigenvalue weighted by Crippen LogP contribution is 2.33. The maximum Gasteiger partial charge on any atom is 0.313 e. The van der Waals surface area contributed by atoms with E-state index in [-0.39, 0.29) is 22.4 Å². The summed E-state index contributed by atoms with van der Waals surface area (Å²) in [6, 6.07) is 10.5. The number of hydrogen-bond acceptors (Lipinski definition) is 4. The molecule has 2 rings (SSSR count). The van der Waals surface area contributed by atoms with E-state index in [0.717, 1.165) is 0 Å². The molecule has 0 unspecified atom stereocenters. The Bertz CT molecular complexity index is 701. The summed E-state index contributed by atoms with van der Waals surface area (Å²) in [7, 11) is 0. The van der Waals surface area contributed by atoms with Gasteiger partial charge in [-0.15, -0.1) is 0 Å². The Labute approximate surface area is 131 Å². The monoisotopic (exact) mass is 320 g/mol. The average molecular weight is 321 g/mol. The van der Waals surface area contributed by atoms with Gasteiger partial charge in [0.1, 0.15) is 5.75 Å². The SMILES string of the molecule is CCNC(=O)c1ccc(Oc2ccc(Cl)cc2[N+](=O)[O-])cc1. The lowest BCUT2D eigenvalue weighted by Gasteiger charge is -2.07. The van der Waals surface area contributed by atoms with Gasteiger partial charge in [-0.25, -0.2) is 0 Å². The number of carbonyl (C=O) groups is 1. The van der Waals surface area contributed by atoms with Crippen LogP contribution in [0.5, 0.6) is 11.5 Å². The van der Waals surface area contributed by atoms with Gasteiger partial charge in [-0.05, 0) is 43.3 Å². The van der Waals surface area contributed by atoms with E-state index in [4.69, 9.17) is 16.3 Å². The van der Waals surface area contributed by atoms with E-state index in [1.807, 2.05) is 6.92 Å².